The highest BCUT2D eigenvalue weighted by molar-refractivity contribution is 7.09. The van der Waals surface area contributed by atoms with E-state index in [1.54, 1.807) is 17.7 Å². The van der Waals surface area contributed by atoms with Gasteiger partial charge in [0, 0.05) is 24.5 Å². The molecule has 2 rings (SSSR count). The normalized spacial score (nSPS) is 10.5. The van der Waals surface area contributed by atoms with E-state index >= 15 is 0 Å². The van der Waals surface area contributed by atoms with Crippen LogP contribution in [0.5, 0.6) is 0 Å². The van der Waals surface area contributed by atoms with Crippen molar-refractivity contribution in [2.75, 3.05) is 23.8 Å². The first-order chi connectivity index (χ1) is 9.20. The monoisotopic (exact) mass is 277 g/mol. The van der Waals surface area contributed by atoms with E-state index in [1.807, 2.05) is 25.5 Å². The Morgan fingerprint density at radius 3 is 2.84 bits per heavy atom. The van der Waals surface area contributed by atoms with Crippen molar-refractivity contribution in [1.29, 1.82) is 0 Å². The molecule has 0 atom stereocenters. The highest BCUT2D eigenvalue weighted by atomic mass is 32.1. The molecule has 0 aliphatic rings. The van der Waals surface area contributed by atoms with Gasteiger partial charge in [-0.1, -0.05) is 6.92 Å². The summed E-state index contributed by atoms with van der Waals surface area (Å²) >= 11 is 1.68. The summed E-state index contributed by atoms with van der Waals surface area (Å²) in [6.45, 7) is 5.91. The molecular formula is C13H19N5S. The average molecular weight is 277 g/mol. The molecule has 2 heterocycles. The zero-order valence-electron chi connectivity index (χ0n) is 11.6. The number of rotatable bonds is 6. The molecule has 2 aromatic heterocycles. The maximum atomic E-state index is 4.32. The van der Waals surface area contributed by atoms with Gasteiger partial charge in [-0.05, 0) is 13.3 Å². The zero-order valence-corrected chi connectivity index (χ0v) is 12.4. The van der Waals surface area contributed by atoms with Crippen molar-refractivity contribution in [2.45, 2.75) is 26.8 Å². The van der Waals surface area contributed by atoms with Crippen LogP contribution >= 0.6 is 11.3 Å². The van der Waals surface area contributed by atoms with Crippen LogP contribution < -0.4 is 10.2 Å². The molecule has 19 heavy (non-hydrogen) atoms. The molecule has 0 saturated heterocycles. The molecule has 0 unspecified atom stereocenters. The van der Waals surface area contributed by atoms with E-state index in [4.69, 9.17) is 0 Å². The van der Waals surface area contributed by atoms with Crippen molar-refractivity contribution in [3.8, 4) is 0 Å². The molecule has 1 N–H and O–H groups in total. The van der Waals surface area contributed by atoms with Crippen molar-refractivity contribution >= 4 is 23.0 Å². The minimum absolute atomic E-state index is 0.820. The Morgan fingerprint density at radius 1 is 1.32 bits per heavy atom. The molecule has 0 aliphatic heterocycles. The molecule has 6 heteroatoms. The predicted octanol–water partition coefficient (Wildman–Crippen LogP) is 2.70. The van der Waals surface area contributed by atoms with Crippen LogP contribution in [0, 0.1) is 6.92 Å². The standard InChI is InChI=1S/C13H19N5S/c1-4-5-14-12-6-13(16-8-15-12)18(3)7-11-10(2)17-9-19-11/h6,8-9H,4-5,7H2,1-3H3,(H,14,15,16). The fourth-order valence-corrected chi connectivity index (χ4v) is 2.51. The molecule has 0 bridgehead atoms. The third-order valence-corrected chi connectivity index (χ3v) is 3.75. The molecule has 0 saturated carbocycles. The SMILES string of the molecule is CCCNc1cc(N(C)Cc2scnc2C)ncn1. The molecule has 0 radical (unpaired) electrons. The van der Waals surface area contributed by atoms with Gasteiger partial charge in [-0.15, -0.1) is 11.3 Å². The van der Waals surface area contributed by atoms with E-state index in [0.717, 1.165) is 36.8 Å². The van der Waals surface area contributed by atoms with Gasteiger partial charge >= 0.3 is 0 Å². The summed E-state index contributed by atoms with van der Waals surface area (Å²) in [6, 6.07) is 1.98. The Balaban J connectivity index is 2.06. The maximum Gasteiger partial charge on any atom is 0.134 e. The lowest BCUT2D eigenvalue weighted by atomic mass is 10.3. The van der Waals surface area contributed by atoms with Crippen LogP contribution in [0.3, 0.4) is 0 Å². The fraction of sp³-hybridized carbons (Fsp3) is 0.462. The Kier molecular flexibility index (Phi) is 4.68. The highest BCUT2D eigenvalue weighted by Crippen LogP contribution is 2.19. The lowest BCUT2D eigenvalue weighted by Gasteiger charge is -2.18. The molecule has 0 aliphatic carbocycles. The summed E-state index contributed by atoms with van der Waals surface area (Å²) in [5.41, 5.74) is 2.97. The zero-order chi connectivity index (χ0) is 13.7. The van der Waals surface area contributed by atoms with Gasteiger partial charge in [0.05, 0.1) is 17.7 Å². The van der Waals surface area contributed by atoms with E-state index in [1.165, 1.54) is 4.88 Å². The van der Waals surface area contributed by atoms with Crippen molar-refractivity contribution in [2.24, 2.45) is 0 Å². The second kappa shape index (κ2) is 6.47. The van der Waals surface area contributed by atoms with Crippen LogP contribution in [0.4, 0.5) is 11.6 Å². The lowest BCUT2D eigenvalue weighted by Crippen LogP contribution is -2.18. The number of aromatic nitrogens is 3. The first-order valence-electron chi connectivity index (χ1n) is 6.36. The third-order valence-electron chi connectivity index (χ3n) is 2.83. The van der Waals surface area contributed by atoms with Gasteiger partial charge in [0.2, 0.25) is 0 Å². The number of nitrogens with one attached hydrogen (secondary N) is 1. The molecule has 0 amide bonds. The Labute approximate surface area is 117 Å². The van der Waals surface area contributed by atoms with Gasteiger partial charge in [-0.2, -0.15) is 0 Å². The summed E-state index contributed by atoms with van der Waals surface area (Å²) in [6.07, 6.45) is 2.68. The van der Waals surface area contributed by atoms with Gasteiger partial charge in [0.1, 0.15) is 18.0 Å². The number of nitrogens with zero attached hydrogens (tertiary/aromatic N) is 4. The minimum Gasteiger partial charge on any atom is -0.370 e. The molecule has 0 fully saturated rings. The molecule has 0 spiro atoms. The van der Waals surface area contributed by atoms with Crippen molar-refractivity contribution in [3.63, 3.8) is 0 Å². The number of thiazole rings is 1. The second-order valence-electron chi connectivity index (χ2n) is 4.41. The summed E-state index contributed by atoms with van der Waals surface area (Å²) < 4.78 is 0. The molecule has 102 valence electrons. The van der Waals surface area contributed by atoms with E-state index < -0.39 is 0 Å². The largest absolute Gasteiger partial charge is 0.370 e. The van der Waals surface area contributed by atoms with Crippen LogP contribution in [0.15, 0.2) is 17.9 Å². The first kappa shape index (κ1) is 13.7. The van der Waals surface area contributed by atoms with Gasteiger partial charge < -0.3 is 10.2 Å². The average Bonchev–Trinajstić information content (AvgIpc) is 2.82. The van der Waals surface area contributed by atoms with E-state index in [-0.39, 0.29) is 0 Å². The minimum atomic E-state index is 0.820. The second-order valence-corrected chi connectivity index (χ2v) is 5.34. The maximum absolute atomic E-state index is 4.32. The van der Waals surface area contributed by atoms with Crippen LogP contribution in [-0.4, -0.2) is 28.5 Å². The van der Waals surface area contributed by atoms with Gasteiger partial charge in [-0.25, -0.2) is 15.0 Å². The van der Waals surface area contributed by atoms with E-state index in [0.29, 0.717) is 0 Å². The van der Waals surface area contributed by atoms with Crippen molar-refractivity contribution in [1.82, 2.24) is 15.0 Å². The summed E-state index contributed by atoms with van der Waals surface area (Å²) in [5, 5.41) is 3.27. The Hall–Kier alpha value is -1.69. The quantitative estimate of drug-likeness (QED) is 0.880. The molecule has 5 nitrogen and oxygen atoms in total. The fourth-order valence-electron chi connectivity index (χ4n) is 1.68. The van der Waals surface area contributed by atoms with Gasteiger partial charge in [-0.3, -0.25) is 0 Å². The number of anilines is 2. The van der Waals surface area contributed by atoms with E-state index in [9.17, 15) is 0 Å². The number of aryl methyl sites for hydroxylation is 1. The van der Waals surface area contributed by atoms with Crippen molar-refractivity contribution < 1.29 is 0 Å². The number of hydrogen-bond donors (Lipinski definition) is 1. The predicted molar refractivity (Wildman–Crippen MR) is 79.8 cm³/mol. The molecule has 0 aromatic carbocycles. The highest BCUT2D eigenvalue weighted by Gasteiger charge is 2.08. The van der Waals surface area contributed by atoms with Gasteiger partial charge in [0.25, 0.3) is 0 Å². The third kappa shape index (κ3) is 3.64. The molecular weight excluding hydrogens is 258 g/mol. The van der Waals surface area contributed by atoms with Gasteiger partial charge in [0.15, 0.2) is 0 Å². The smallest absolute Gasteiger partial charge is 0.134 e. The van der Waals surface area contributed by atoms with Crippen LogP contribution in [0.2, 0.25) is 0 Å². The van der Waals surface area contributed by atoms with Crippen LogP contribution in [0.25, 0.3) is 0 Å². The number of hydrogen-bond acceptors (Lipinski definition) is 6. The van der Waals surface area contributed by atoms with Crippen molar-refractivity contribution in [3.05, 3.63) is 28.5 Å². The van der Waals surface area contributed by atoms with Crippen LogP contribution in [-0.2, 0) is 6.54 Å². The van der Waals surface area contributed by atoms with Crippen LogP contribution in [0.1, 0.15) is 23.9 Å². The summed E-state index contributed by atoms with van der Waals surface area (Å²) in [5.74, 6) is 1.79. The molecule has 2 aromatic rings. The topological polar surface area (TPSA) is 53.9 Å². The lowest BCUT2D eigenvalue weighted by molar-refractivity contribution is 0.891. The Morgan fingerprint density at radius 2 is 2.16 bits per heavy atom. The first-order valence-corrected chi connectivity index (χ1v) is 7.24. The summed E-state index contributed by atoms with van der Waals surface area (Å²) in [7, 11) is 2.03. The van der Waals surface area contributed by atoms with E-state index in [2.05, 4.69) is 32.1 Å². The Bertz CT molecular complexity index is 525. The summed E-state index contributed by atoms with van der Waals surface area (Å²) in [4.78, 5) is 16.2.